The van der Waals surface area contributed by atoms with Crippen LogP contribution in [0.25, 0.3) is 0 Å². The van der Waals surface area contributed by atoms with Gasteiger partial charge in [0.25, 0.3) is 0 Å². The van der Waals surface area contributed by atoms with Crippen LogP contribution in [0, 0.1) is 11.3 Å². The predicted molar refractivity (Wildman–Crippen MR) is 71.8 cm³/mol. The van der Waals surface area contributed by atoms with E-state index in [0.717, 1.165) is 25.3 Å². The van der Waals surface area contributed by atoms with E-state index in [-0.39, 0.29) is 12.0 Å². The molecule has 100 valence electrons. The molecule has 1 N–H and O–H groups in total. The van der Waals surface area contributed by atoms with Crippen LogP contribution in [0.3, 0.4) is 0 Å². The van der Waals surface area contributed by atoms with Crippen molar-refractivity contribution in [1.82, 2.24) is 5.32 Å². The third-order valence-electron chi connectivity index (χ3n) is 3.26. The maximum atomic E-state index is 11.3. The number of esters is 1. The molecule has 0 amide bonds. The summed E-state index contributed by atoms with van der Waals surface area (Å²) in [5, 5.41) is 12.1. The topological polar surface area (TPSA) is 65.4 Å². The van der Waals surface area contributed by atoms with E-state index >= 15 is 0 Å². The fraction of sp³-hybridized carbons (Fsp3) is 0.429. The SMILES string of the molecule is COC(=O)CC1CN(c2ccc(C#N)cc2)CCN1. The van der Waals surface area contributed by atoms with Gasteiger partial charge in [-0.3, -0.25) is 4.79 Å². The number of nitrogens with one attached hydrogen (secondary N) is 1. The van der Waals surface area contributed by atoms with Crippen molar-refractivity contribution in [2.75, 3.05) is 31.6 Å². The fourth-order valence-electron chi connectivity index (χ4n) is 2.23. The van der Waals surface area contributed by atoms with Gasteiger partial charge in [0.1, 0.15) is 0 Å². The zero-order valence-corrected chi connectivity index (χ0v) is 10.9. The van der Waals surface area contributed by atoms with Gasteiger partial charge in [0.05, 0.1) is 25.2 Å². The maximum Gasteiger partial charge on any atom is 0.307 e. The molecule has 2 rings (SSSR count). The van der Waals surface area contributed by atoms with Gasteiger partial charge in [-0.15, -0.1) is 0 Å². The fourth-order valence-corrected chi connectivity index (χ4v) is 2.23. The minimum atomic E-state index is -0.195. The average Bonchev–Trinajstić information content (AvgIpc) is 2.47. The second-order valence-corrected chi connectivity index (χ2v) is 4.54. The van der Waals surface area contributed by atoms with Crippen molar-refractivity contribution < 1.29 is 9.53 Å². The minimum Gasteiger partial charge on any atom is -0.469 e. The summed E-state index contributed by atoms with van der Waals surface area (Å²) in [6, 6.07) is 9.73. The average molecular weight is 259 g/mol. The highest BCUT2D eigenvalue weighted by Gasteiger charge is 2.22. The molecule has 1 heterocycles. The molecule has 1 fully saturated rings. The van der Waals surface area contributed by atoms with Gasteiger partial charge in [-0.05, 0) is 24.3 Å². The predicted octanol–water partition coefficient (Wildman–Crippen LogP) is 0.900. The van der Waals surface area contributed by atoms with Gasteiger partial charge in [-0.25, -0.2) is 0 Å². The Morgan fingerprint density at radius 2 is 2.26 bits per heavy atom. The molecular formula is C14H17N3O2. The molecule has 1 aromatic carbocycles. The number of hydrogen-bond acceptors (Lipinski definition) is 5. The molecule has 1 aliphatic heterocycles. The van der Waals surface area contributed by atoms with Gasteiger partial charge in [-0.2, -0.15) is 5.26 Å². The lowest BCUT2D eigenvalue weighted by Gasteiger charge is -2.34. The summed E-state index contributed by atoms with van der Waals surface area (Å²) in [7, 11) is 1.41. The summed E-state index contributed by atoms with van der Waals surface area (Å²) in [6.07, 6.45) is 0.378. The molecular weight excluding hydrogens is 242 g/mol. The third kappa shape index (κ3) is 3.46. The van der Waals surface area contributed by atoms with Crippen LogP contribution in [0.15, 0.2) is 24.3 Å². The summed E-state index contributed by atoms with van der Waals surface area (Å²) < 4.78 is 4.69. The standard InChI is InChI=1S/C14H17N3O2/c1-19-14(18)8-12-10-17(7-6-16-12)13-4-2-11(9-15)3-5-13/h2-5,12,16H,6-8,10H2,1H3. The normalized spacial score (nSPS) is 18.7. The molecule has 1 aromatic rings. The summed E-state index contributed by atoms with van der Waals surface area (Å²) in [5.74, 6) is -0.195. The van der Waals surface area contributed by atoms with Crippen LogP contribution in [0.5, 0.6) is 0 Å². The van der Waals surface area contributed by atoms with E-state index < -0.39 is 0 Å². The summed E-state index contributed by atoms with van der Waals surface area (Å²) in [6.45, 7) is 2.49. The minimum absolute atomic E-state index is 0.108. The summed E-state index contributed by atoms with van der Waals surface area (Å²) in [4.78, 5) is 13.5. The van der Waals surface area contributed by atoms with Crippen LogP contribution in [0.1, 0.15) is 12.0 Å². The first kappa shape index (κ1) is 13.4. The Morgan fingerprint density at radius 1 is 1.53 bits per heavy atom. The Hall–Kier alpha value is -2.06. The third-order valence-corrected chi connectivity index (χ3v) is 3.26. The van der Waals surface area contributed by atoms with Crippen molar-refractivity contribution in [3.05, 3.63) is 29.8 Å². The Balaban J connectivity index is 2.00. The number of anilines is 1. The zero-order valence-electron chi connectivity index (χ0n) is 10.9. The number of piperazine rings is 1. The van der Waals surface area contributed by atoms with Gasteiger partial charge in [0, 0.05) is 31.4 Å². The number of carbonyl (C=O) groups excluding carboxylic acids is 1. The molecule has 1 unspecified atom stereocenters. The van der Waals surface area contributed by atoms with Crippen molar-refractivity contribution in [2.24, 2.45) is 0 Å². The first-order chi connectivity index (χ1) is 9.22. The number of hydrogen-bond donors (Lipinski definition) is 1. The zero-order chi connectivity index (χ0) is 13.7. The molecule has 5 nitrogen and oxygen atoms in total. The number of carbonyl (C=O) groups is 1. The van der Waals surface area contributed by atoms with Gasteiger partial charge in [0.2, 0.25) is 0 Å². The van der Waals surface area contributed by atoms with Gasteiger partial charge < -0.3 is 15.0 Å². The Bertz CT molecular complexity index is 478. The number of ether oxygens (including phenoxy) is 1. The summed E-state index contributed by atoms with van der Waals surface area (Å²) >= 11 is 0. The lowest BCUT2D eigenvalue weighted by atomic mass is 10.1. The molecule has 0 aromatic heterocycles. The molecule has 5 heteroatoms. The molecule has 0 spiro atoms. The van der Waals surface area contributed by atoms with E-state index in [2.05, 4.69) is 16.3 Å². The van der Waals surface area contributed by atoms with Crippen LogP contribution in [-0.2, 0) is 9.53 Å². The van der Waals surface area contributed by atoms with Crippen molar-refractivity contribution in [1.29, 1.82) is 5.26 Å². The highest BCUT2D eigenvalue weighted by Crippen LogP contribution is 2.17. The van der Waals surface area contributed by atoms with Crippen LogP contribution >= 0.6 is 0 Å². The van der Waals surface area contributed by atoms with Crippen LogP contribution < -0.4 is 10.2 Å². The van der Waals surface area contributed by atoms with E-state index in [1.807, 2.05) is 24.3 Å². The molecule has 1 saturated heterocycles. The maximum absolute atomic E-state index is 11.3. The number of benzene rings is 1. The summed E-state index contributed by atoms with van der Waals surface area (Å²) in [5.41, 5.74) is 1.74. The quantitative estimate of drug-likeness (QED) is 0.817. The second-order valence-electron chi connectivity index (χ2n) is 4.54. The molecule has 0 saturated carbocycles. The lowest BCUT2D eigenvalue weighted by molar-refractivity contribution is -0.141. The van der Waals surface area contributed by atoms with Gasteiger partial charge in [0.15, 0.2) is 0 Å². The Kier molecular flexibility index (Phi) is 4.37. The first-order valence-corrected chi connectivity index (χ1v) is 6.28. The van der Waals surface area contributed by atoms with Crippen molar-refractivity contribution in [3.63, 3.8) is 0 Å². The Labute approximate surface area is 112 Å². The van der Waals surface area contributed by atoms with Crippen molar-refractivity contribution >= 4 is 11.7 Å². The second kappa shape index (κ2) is 6.21. The Morgan fingerprint density at radius 3 is 2.89 bits per heavy atom. The van der Waals surface area contributed by atoms with E-state index in [1.54, 1.807) is 0 Å². The van der Waals surface area contributed by atoms with E-state index in [9.17, 15) is 4.79 Å². The van der Waals surface area contributed by atoms with Crippen molar-refractivity contribution in [3.8, 4) is 6.07 Å². The number of nitriles is 1. The molecule has 19 heavy (non-hydrogen) atoms. The highest BCUT2D eigenvalue weighted by molar-refractivity contribution is 5.70. The van der Waals surface area contributed by atoms with Gasteiger partial charge >= 0.3 is 5.97 Å². The molecule has 1 atom stereocenters. The molecule has 0 radical (unpaired) electrons. The number of methoxy groups -OCH3 is 1. The molecule has 1 aliphatic rings. The number of rotatable bonds is 3. The lowest BCUT2D eigenvalue weighted by Crippen LogP contribution is -2.51. The van der Waals surface area contributed by atoms with E-state index in [4.69, 9.17) is 10.00 Å². The highest BCUT2D eigenvalue weighted by atomic mass is 16.5. The smallest absolute Gasteiger partial charge is 0.307 e. The monoisotopic (exact) mass is 259 g/mol. The van der Waals surface area contributed by atoms with Crippen molar-refractivity contribution in [2.45, 2.75) is 12.5 Å². The van der Waals surface area contributed by atoms with Gasteiger partial charge in [-0.1, -0.05) is 0 Å². The largest absolute Gasteiger partial charge is 0.469 e. The van der Waals surface area contributed by atoms with Crippen LogP contribution in [0.4, 0.5) is 5.69 Å². The molecule has 0 bridgehead atoms. The van der Waals surface area contributed by atoms with Crippen LogP contribution in [0.2, 0.25) is 0 Å². The molecule has 0 aliphatic carbocycles. The van der Waals surface area contributed by atoms with E-state index in [0.29, 0.717) is 12.0 Å². The number of nitrogens with zero attached hydrogens (tertiary/aromatic N) is 2. The first-order valence-electron chi connectivity index (χ1n) is 6.28. The van der Waals surface area contributed by atoms with Crippen LogP contribution in [-0.4, -0.2) is 38.8 Å². The van der Waals surface area contributed by atoms with E-state index in [1.165, 1.54) is 7.11 Å².